The molecule has 14 heavy (non-hydrogen) atoms. The summed E-state index contributed by atoms with van der Waals surface area (Å²) in [4.78, 5) is 1.37. The average molecular weight is 294 g/mol. The number of halogens is 1. The molecule has 0 aromatic carbocycles. The Morgan fingerprint density at radius 2 is 2.29 bits per heavy atom. The second-order valence-corrected chi connectivity index (χ2v) is 7.10. The fraction of sp³-hybridized carbons (Fsp3) is 0.600. The summed E-state index contributed by atoms with van der Waals surface area (Å²) >= 11 is 7.16. The lowest BCUT2D eigenvalue weighted by Gasteiger charge is -2.11. The van der Waals surface area contributed by atoms with Crippen LogP contribution in [0.5, 0.6) is 0 Å². The molecule has 80 valence electrons. The van der Waals surface area contributed by atoms with Crippen LogP contribution in [0.2, 0.25) is 0 Å². The van der Waals surface area contributed by atoms with Gasteiger partial charge in [-0.2, -0.15) is 11.8 Å². The van der Waals surface area contributed by atoms with Crippen LogP contribution in [-0.2, 0) is 6.42 Å². The molecule has 1 nitrogen and oxygen atoms in total. The van der Waals surface area contributed by atoms with Crippen LogP contribution in [0.15, 0.2) is 15.9 Å². The van der Waals surface area contributed by atoms with Crippen LogP contribution in [0.25, 0.3) is 0 Å². The normalized spacial score (nSPS) is 13.5. The van der Waals surface area contributed by atoms with Crippen molar-refractivity contribution >= 4 is 39.0 Å². The van der Waals surface area contributed by atoms with Gasteiger partial charge in [-0.25, -0.2) is 0 Å². The minimum absolute atomic E-state index is 0.285. The summed E-state index contributed by atoms with van der Waals surface area (Å²) < 4.78 is 1.17. The van der Waals surface area contributed by atoms with Gasteiger partial charge in [-0.05, 0) is 33.7 Å². The Labute approximate surface area is 103 Å². The largest absolute Gasteiger partial charge is 0.327 e. The monoisotopic (exact) mass is 293 g/mol. The van der Waals surface area contributed by atoms with Gasteiger partial charge in [0, 0.05) is 26.5 Å². The summed E-state index contributed by atoms with van der Waals surface area (Å²) in [5.41, 5.74) is 6.03. The first-order valence-electron chi connectivity index (χ1n) is 4.68. The van der Waals surface area contributed by atoms with Crippen molar-refractivity contribution in [3.8, 4) is 0 Å². The van der Waals surface area contributed by atoms with Crippen molar-refractivity contribution in [1.82, 2.24) is 0 Å². The fourth-order valence-electron chi connectivity index (χ4n) is 1.09. The highest BCUT2D eigenvalue weighted by atomic mass is 79.9. The highest BCUT2D eigenvalue weighted by molar-refractivity contribution is 9.10. The molecule has 0 aliphatic rings. The molecule has 4 heteroatoms. The third-order valence-electron chi connectivity index (χ3n) is 1.73. The fourth-order valence-corrected chi connectivity index (χ4v) is 3.39. The second-order valence-electron chi connectivity index (χ2n) is 3.58. The van der Waals surface area contributed by atoms with Gasteiger partial charge in [0.15, 0.2) is 0 Å². The van der Waals surface area contributed by atoms with Crippen molar-refractivity contribution < 1.29 is 0 Å². The molecule has 0 amide bonds. The molecule has 0 radical (unpaired) electrons. The van der Waals surface area contributed by atoms with Crippen molar-refractivity contribution in [2.24, 2.45) is 5.73 Å². The van der Waals surface area contributed by atoms with E-state index in [0.717, 1.165) is 12.2 Å². The summed E-state index contributed by atoms with van der Waals surface area (Å²) in [6.45, 7) is 4.41. The van der Waals surface area contributed by atoms with E-state index in [1.165, 1.54) is 9.35 Å². The van der Waals surface area contributed by atoms with E-state index in [-0.39, 0.29) is 6.04 Å². The summed E-state index contributed by atoms with van der Waals surface area (Å²) in [6.07, 6.45) is 0.996. The molecule has 1 aromatic rings. The molecule has 0 aliphatic carbocycles. The van der Waals surface area contributed by atoms with Crippen LogP contribution in [0.4, 0.5) is 0 Å². The number of nitrogens with two attached hydrogens (primary N) is 1. The molecule has 1 rings (SSSR count). The van der Waals surface area contributed by atoms with E-state index >= 15 is 0 Å². The molecule has 1 heterocycles. The van der Waals surface area contributed by atoms with Gasteiger partial charge in [0.05, 0.1) is 0 Å². The standard InChI is InChI=1S/C10H16BrNS2/c1-7(2)13-6-9(12)4-10-3-8(11)5-14-10/h3,5,7,9H,4,6,12H2,1-2H3. The van der Waals surface area contributed by atoms with Gasteiger partial charge in [0.2, 0.25) is 0 Å². The highest BCUT2D eigenvalue weighted by Crippen LogP contribution is 2.21. The number of thiophene rings is 1. The van der Waals surface area contributed by atoms with E-state index in [1.54, 1.807) is 11.3 Å². The first-order chi connectivity index (χ1) is 6.58. The lowest BCUT2D eigenvalue weighted by atomic mass is 10.2. The Morgan fingerprint density at radius 3 is 2.79 bits per heavy atom. The SMILES string of the molecule is CC(C)SCC(N)Cc1cc(Br)cs1. The van der Waals surface area contributed by atoms with Crippen LogP contribution < -0.4 is 5.73 Å². The lowest BCUT2D eigenvalue weighted by molar-refractivity contribution is 0.755. The quantitative estimate of drug-likeness (QED) is 0.899. The number of thioether (sulfide) groups is 1. The van der Waals surface area contributed by atoms with Crippen LogP contribution in [0, 0.1) is 0 Å². The van der Waals surface area contributed by atoms with Crippen molar-refractivity contribution in [3.63, 3.8) is 0 Å². The molecule has 0 bridgehead atoms. The Hall–Kier alpha value is 0.490. The van der Waals surface area contributed by atoms with Gasteiger partial charge in [0.1, 0.15) is 0 Å². The zero-order valence-electron chi connectivity index (χ0n) is 8.50. The molecular weight excluding hydrogens is 278 g/mol. The van der Waals surface area contributed by atoms with Gasteiger partial charge >= 0.3 is 0 Å². The maximum absolute atomic E-state index is 6.03. The lowest BCUT2D eigenvalue weighted by Crippen LogP contribution is -2.25. The maximum Gasteiger partial charge on any atom is 0.0285 e. The summed E-state index contributed by atoms with van der Waals surface area (Å²) in [7, 11) is 0. The molecule has 1 atom stereocenters. The van der Waals surface area contributed by atoms with Crippen molar-refractivity contribution in [1.29, 1.82) is 0 Å². The Kier molecular flexibility index (Phi) is 5.52. The average Bonchev–Trinajstić information content (AvgIpc) is 2.48. The minimum atomic E-state index is 0.285. The third kappa shape index (κ3) is 4.82. The van der Waals surface area contributed by atoms with E-state index in [1.807, 2.05) is 11.8 Å². The van der Waals surface area contributed by atoms with Gasteiger partial charge in [-0.3, -0.25) is 0 Å². The van der Waals surface area contributed by atoms with Gasteiger partial charge < -0.3 is 5.73 Å². The Balaban J connectivity index is 2.30. The zero-order valence-corrected chi connectivity index (χ0v) is 11.7. The predicted molar refractivity (Wildman–Crippen MR) is 71.3 cm³/mol. The second kappa shape index (κ2) is 6.16. The van der Waals surface area contributed by atoms with E-state index < -0.39 is 0 Å². The topological polar surface area (TPSA) is 26.0 Å². The zero-order chi connectivity index (χ0) is 10.6. The van der Waals surface area contributed by atoms with Crippen LogP contribution >= 0.6 is 39.0 Å². The smallest absolute Gasteiger partial charge is 0.0285 e. The van der Waals surface area contributed by atoms with E-state index in [0.29, 0.717) is 5.25 Å². The molecule has 0 saturated heterocycles. The molecule has 0 fully saturated rings. The van der Waals surface area contributed by atoms with Gasteiger partial charge in [0.25, 0.3) is 0 Å². The van der Waals surface area contributed by atoms with Crippen molar-refractivity contribution in [3.05, 3.63) is 20.8 Å². The maximum atomic E-state index is 6.03. The summed E-state index contributed by atoms with van der Waals surface area (Å²) in [6, 6.07) is 2.44. The highest BCUT2D eigenvalue weighted by Gasteiger charge is 2.07. The van der Waals surface area contributed by atoms with Crippen LogP contribution in [0.1, 0.15) is 18.7 Å². The number of rotatable bonds is 5. The minimum Gasteiger partial charge on any atom is -0.327 e. The van der Waals surface area contributed by atoms with Crippen molar-refractivity contribution in [2.45, 2.75) is 31.6 Å². The van der Waals surface area contributed by atoms with E-state index in [2.05, 4.69) is 41.2 Å². The van der Waals surface area contributed by atoms with Crippen LogP contribution in [-0.4, -0.2) is 17.0 Å². The van der Waals surface area contributed by atoms with Crippen molar-refractivity contribution in [2.75, 3.05) is 5.75 Å². The number of hydrogen-bond donors (Lipinski definition) is 1. The molecule has 2 N–H and O–H groups in total. The summed E-state index contributed by atoms with van der Waals surface area (Å²) in [5, 5.41) is 2.79. The van der Waals surface area contributed by atoms with E-state index in [9.17, 15) is 0 Å². The molecule has 0 spiro atoms. The first kappa shape index (κ1) is 12.6. The Morgan fingerprint density at radius 1 is 1.57 bits per heavy atom. The Bertz CT molecular complexity index is 273. The van der Waals surface area contributed by atoms with Crippen LogP contribution in [0.3, 0.4) is 0 Å². The molecule has 0 aliphatic heterocycles. The third-order valence-corrected chi connectivity index (χ3v) is 4.74. The molecular formula is C10H16BrNS2. The molecule has 1 unspecified atom stereocenters. The number of hydrogen-bond acceptors (Lipinski definition) is 3. The molecule has 0 saturated carbocycles. The van der Waals surface area contributed by atoms with Gasteiger partial charge in [-0.1, -0.05) is 13.8 Å². The molecule has 1 aromatic heterocycles. The predicted octanol–water partition coefficient (Wildman–Crippen LogP) is 3.52. The van der Waals surface area contributed by atoms with Gasteiger partial charge in [-0.15, -0.1) is 11.3 Å². The summed E-state index contributed by atoms with van der Waals surface area (Å²) in [5.74, 6) is 1.05. The van der Waals surface area contributed by atoms with E-state index in [4.69, 9.17) is 5.73 Å². The first-order valence-corrected chi connectivity index (χ1v) is 7.40.